The molecule has 0 aliphatic heterocycles. The first-order chi connectivity index (χ1) is 9.65. The van der Waals surface area contributed by atoms with Crippen molar-refractivity contribution in [2.45, 2.75) is 23.9 Å². The van der Waals surface area contributed by atoms with E-state index in [-0.39, 0.29) is 23.4 Å². The molecule has 0 unspecified atom stereocenters. The molecule has 0 bridgehead atoms. The summed E-state index contributed by atoms with van der Waals surface area (Å²) < 4.78 is 9.66. The van der Waals surface area contributed by atoms with Gasteiger partial charge in [-0.1, -0.05) is 23.5 Å². The van der Waals surface area contributed by atoms with Crippen molar-refractivity contribution in [2.75, 3.05) is 24.7 Å². The highest BCUT2D eigenvalue weighted by Gasteiger charge is 2.08. The van der Waals surface area contributed by atoms with E-state index in [4.69, 9.17) is 9.47 Å². The lowest BCUT2D eigenvalue weighted by atomic mass is 10.7. The van der Waals surface area contributed by atoms with Crippen molar-refractivity contribution in [1.82, 2.24) is 9.97 Å². The van der Waals surface area contributed by atoms with Crippen LogP contribution in [0.5, 0.6) is 0 Å². The molecule has 1 rings (SSSR count). The third kappa shape index (κ3) is 6.76. The zero-order chi connectivity index (χ0) is 14.8. The van der Waals surface area contributed by atoms with Gasteiger partial charge >= 0.3 is 11.9 Å². The second-order valence-corrected chi connectivity index (χ2v) is 5.37. The molecule has 8 heteroatoms. The first kappa shape index (κ1) is 16.8. The number of carbonyl (C=O) groups is 2. The Morgan fingerprint density at radius 1 is 1.00 bits per heavy atom. The largest absolute Gasteiger partial charge is 0.465 e. The Bertz CT molecular complexity index is 420. The lowest BCUT2D eigenvalue weighted by Gasteiger charge is -2.04. The summed E-state index contributed by atoms with van der Waals surface area (Å²) in [4.78, 5) is 30.6. The number of esters is 2. The molecular weight excluding hydrogens is 300 g/mol. The van der Waals surface area contributed by atoms with Crippen molar-refractivity contribution >= 4 is 35.5 Å². The zero-order valence-electron chi connectivity index (χ0n) is 11.3. The van der Waals surface area contributed by atoms with Crippen LogP contribution in [0.25, 0.3) is 0 Å². The first-order valence-electron chi connectivity index (χ1n) is 6.04. The summed E-state index contributed by atoms with van der Waals surface area (Å²) >= 11 is 2.54. The standard InChI is InChI=1S/C12H16N2O4S2/c1-3-17-11(15)6-19-9-5-10(14-8-13-9)20-7-12(16)18-4-2/h5,8H,3-4,6-7H2,1-2H3. The number of carbonyl (C=O) groups excluding carboxylic acids is 2. The van der Waals surface area contributed by atoms with Crippen molar-refractivity contribution in [3.8, 4) is 0 Å². The fourth-order valence-electron chi connectivity index (χ4n) is 1.15. The van der Waals surface area contributed by atoms with Gasteiger partial charge in [0, 0.05) is 6.07 Å². The van der Waals surface area contributed by atoms with Crippen LogP contribution in [0.15, 0.2) is 22.4 Å². The molecule has 0 fully saturated rings. The summed E-state index contributed by atoms with van der Waals surface area (Å²) in [5.74, 6) is -0.159. The molecule has 0 aromatic carbocycles. The molecule has 6 nitrogen and oxygen atoms in total. The van der Waals surface area contributed by atoms with E-state index in [2.05, 4.69) is 9.97 Å². The minimum Gasteiger partial charge on any atom is -0.465 e. The van der Waals surface area contributed by atoms with E-state index < -0.39 is 0 Å². The zero-order valence-corrected chi connectivity index (χ0v) is 13.0. The maximum atomic E-state index is 11.2. The topological polar surface area (TPSA) is 78.4 Å². The summed E-state index contributed by atoms with van der Waals surface area (Å²) in [5, 5.41) is 1.33. The Balaban J connectivity index is 2.45. The summed E-state index contributed by atoms with van der Waals surface area (Å²) in [5.41, 5.74) is 0. The van der Waals surface area contributed by atoms with Crippen molar-refractivity contribution in [3.05, 3.63) is 12.4 Å². The molecule has 0 radical (unpaired) electrons. The van der Waals surface area contributed by atoms with E-state index in [0.717, 1.165) is 0 Å². The van der Waals surface area contributed by atoms with E-state index in [1.807, 2.05) is 0 Å². The predicted molar refractivity (Wildman–Crippen MR) is 76.7 cm³/mol. The molecule has 1 aromatic heterocycles. The quantitative estimate of drug-likeness (QED) is 0.408. The Hall–Kier alpha value is -1.28. The molecule has 20 heavy (non-hydrogen) atoms. The number of nitrogens with zero attached hydrogens (tertiary/aromatic N) is 2. The minimum absolute atomic E-state index is 0.201. The molecule has 1 aromatic rings. The van der Waals surface area contributed by atoms with Crippen LogP contribution < -0.4 is 0 Å². The fraction of sp³-hybridized carbons (Fsp3) is 0.500. The number of aromatic nitrogens is 2. The smallest absolute Gasteiger partial charge is 0.316 e. The average molecular weight is 316 g/mol. The van der Waals surface area contributed by atoms with Crippen LogP contribution in [0, 0.1) is 0 Å². The molecule has 0 aliphatic rings. The maximum Gasteiger partial charge on any atom is 0.316 e. The third-order valence-electron chi connectivity index (χ3n) is 1.90. The first-order valence-corrected chi connectivity index (χ1v) is 8.01. The SMILES string of the molecule is CCOC(=O)CSc1cc(SCC(=O)OCC)ncn1. The summed E-state index contributed by atoms with van der Waals surface area (Å²) in [6.45, 7) is 4.25. The van der Waals surface area contributed by atoms with Gasteiger partial charge in [0.05, 0.1) is 24.7 Å². The van der Waals surface area contributed by atoms with Gasteiger partial charge in [0.15, 0.2) is 0 Å². The van der Waals surface area contributed by atoms with Crippen LogP contribution in [-0.4, -0.2) is 46.6 Å². The molecule has 1 heterocycles. The van der Waals surface area contributed by atoms with Gasteiger partial charge in [0.25, 0.3) is 0 Å². The minimum atomic E-state index is -0.281. The van der Waals surface area contributed by atoms with E-state index in [9.17, 15) is 9.59 Å². The van der Waals surface area contributed by atoms with Gasteiger partial charge in [-0.05, 0) is 13.8 Å². The van der Waals surface area contributed by atoms with Gasteiger partial charge in [0.2, 0.25) is 0 Å². The maximum absolute atomic E-state index is 11.2. The Kier molecular flexibility index (Phi) is 8.05. The van der Waals surface area contributed by atoms with Crippen molar-refractivity contribution in [1.29, 1.82) is 0 Å². The number of ether oxygens (including phenoxy) is 2. The van der Waals surface area contributed by atoms with Gasteiger partial charge in [-0.2, -0.15) is 0 Å². The van der Waals surface area contributed by atoms with Gasteiger partial charge in [-0.3, -0.25) is 9.59 Å². The van der Waals surface area contributed by atoms with Crippen molar-refractivity contribution < 1.29 is 19.1 Å². The lowest BCUT2D eigenvalue weighted by Crippen LogP contribution is -2.07. The summed E-state index contributed by atoms with van der Waals surface area (Å²) in [6, 6.07) is 1.73. The molecule has 0 saturated carbocycles. The van der Waals surface area contributed by atoms with Crippen LogP contribution in [0.4, 0.5) is 0 Å². The molecule has 0 N–H and O–H groups in total. The average Bonchev–Trinajstić information content (AvgIpc) is 2.44. The van der Waals surface area contributed by atoms with Crippen LogP contribution >= 0.6 is 23.5 Å². The van der Waals surface area contributed by atoms with Gasteiger partial charge in [0.1, 0.15) is 16.4 Å². The van der Waals surface area contributed by atoms with Gasteiger partial charge < -0.3 is 9.47 Å². The molecule has 0 spiro atoms. The van der Waals surface area contributed by atoms with Crippen molar-refractivity contribution in [2.24, 2.45) is 0 Å². The Labute approximate surface area is 126 Å². The summed E-state index contributed by atoms with van der Waals surface area (Å²) in [6.07, 6.45) is 1.40. The Morgan fingerprint density at radius 3 is 1.85 bits per heavy atom. The molecule has 0 saturated heterocycles. The van der Waals surface area contributed by atoms with E-state index >= 15 is 0 Å². The Morgan fingerprint density at radius 2 is 1.45 bits per heavy atom. The number of thioether (sulfide) groups is 2. The summed E-state index contributed by atoms with van der Waals surface area (Å²) in [7, 11) is 0. The molecular formula is C12H16N2O4S2. The van der Waals surface area contributed by atoms with Crippen molar-refractivity contribution in [3.63, 3.8) is 0 Å². The van der Waals surface area contributed by atoms with Crippen LogP contribution in [0.2, 0.25) is 0 Å². The molecule has 110 valence electrons. The van der Waals surface area contributed by atoms with Gasteiger partial charge in [-0.25, -0.2) is 9.97 Å². The molecule has 0 amide bonds. The lowest BCUT2D eigenvalue weighted by molar-refractivity contribution is -0.140. The normalized spacial score (nSPS) is 10.1. The van der Waals surface area contributed by atoms with E-state index in [1.54, 1.807) is 19.9 Å². The van der Waals surface area contributed by atoms with Crippen LogP contribution in [0.1, 0.15) is 13.8 Å². The highest BCUT2D eigenvalue weighted by molar-refractivity contribution is 8.00. The van der Waals surface area contributed by atoms with Crippen LogP contribution in [-0.2, 0) is 19.1 Å². The monoisotopic (exact) mass is 316 g/mol. The third-order valence-corrected chi connectivity index (χ3v) is 3.70. The van der Waals surface area contributed by atoms with E-state index in [0.29, 0.717) is 23.3 Å². The number of rotatable bonds is 8. The molecule has 0 atom stereocenters. The van der Waals surface area contributed by atoms with Gasteiger partial charge in [-0.15, -0.1) is 0 Å². The number of hydrogen-bond donors (Lipinski definition) is 0. The second-order valence-electron chi connectivity index (χ2n) is 3.38. The van der Waals surface area contributed by atoms with E-state index in [1.165, 1.54) is 29.9 Å². The predicted octanol–water partition coefficient (Wildman–Crippen LogP) is 1.79. The fourth-order valence-corrected chi connectivity index (χ4v) is 2.56. The second kappa shape index (κ2) is 9.60. The highest BCUT2D eigenvalue weighted by Crippen LogP contribution is 2.21. The molecule has 0 aliphatic carbocycles. The highest BCUT2D eigenvalue weighted by atomic mass is 32.2. The number of hydrogen-bond acceptors (Lipinski definition) is 8. The van der Waals surface area contributed by atoms with Crippen LogP contribution in [0.3, 0.4) is 0 Å².